The summed E-state index contributed by atoms with van der Waals surface area (Å²) in [6.07, 6.45) is -25.5. The Kier molecular flexibility index (Phi) is 10.4. The van der Waals surface area contributed by atoms with Gasteiger partial charge in [-0.3, -0.25) is 0 Å². The van der Waals surface area contributed by atoms with Crippen LogP contribution in [0, 0.1) is 6.92 Å². The lowest BCUT2D eigenvalue weighted by atomic mass is 9.76. The van der Waals surface area contributed by atoms with Crippen LogP contribution in [0.3, 0.4) is 0 Å². The van der Waals surface area contributed by atoms with Crippen LogP contribution in [0.5, 0.6) is 0 Å². The normalized spacial score (nSPS) is 13.5. The molecule has 17 heteroatoms. The molecular weight excluding hydrogens is 996 g/mol. The Morgan fingerprint density at radius 2 is 0.548 bits per heavy atom. The summed E-state index contributed by atoms with van der Waals surface area (Å²) < 4.78 is 246. The van der Waals surface area contributed by atoms with Gasteiger partial charge in [0.1, 0.15) is 13.3 Å². The number of alkyl halides is 17. The molecule has 0 aliphatic rings. The van der Waals surface area contributed by atoms with Crippen LogP contribution in [0.15, 0.2) is 121 Å². The molecule has 0 radical (unpaired) electrons. The summed E-state index contributed by atoms with van der Waals surface area (Å²) in [6.45, 7) is -1.28. The second-order valence-electron chi connectivity index (χ2n) is 18.2. The maximum Gasteiger partial charge on any atom is 0.416 e. The highest BCUT2D eigenvalue weighted by Crippen LogP contribution is 2.56. The van der Waals surface area contributed by atoms with Gasteiger partial charge in [-0.25, -0.2) is 8.78 Å². The molecule has 0 aliphatic carbocycles. The van der Waals surface area contributed by atoms with Gasteiger partial charge in [0.25, 0.3) is 0 Å². The fraction of sp³-hybridized carbons (Fsp3) is 0.143. The molecule has 0 atom stereocenters. The van der Waals surface area contributed by atoms with Crippen molar-refractivity contribution in [3.63, 3.8) is 0 Å². The molecule has 11 aromatic carbocycles. The van der Waals surface area contributed by atoms with Gasteiger partial charge in [0.15, 0.2) is 0 Å². The molecule has 0 N–H and O–H groups in total. The molecule has 370 valence electrons. The van der Waals surface area contributed by atoms with Crippen molar-refractivity contribution in [3.8, 4) is 44.5 Å². The van der Waals surface area contributed by atoms with Crippen LogP contribution in [0.1, 0.15) is 44.5 Å². The largest absolute Gasteiger partial charge is 0.416 e. The highest BCUT2D eigenvalue weighted by Gasteiger charge is 2.39. The fourth-order valence-corrected chi connectivity index (χ4v) is 10.6. The lowest BCUT2D eigenvalue weighted by Crippen LogP contribution is -2.11. The zero-order chi connectivity index (χ0) is 52.2. The van der Waals surface area contributed by atoms with Crippen LogP contribution >= 0.6 is 0 Å². The number of halogens is 17. The van der Waals surface area contributed by atoms with E-state index in [1.54, 1.807) is 0 Å². The quantitative estimate of drug-likeness (QED) is 0.0885. The first-order valence-corrected chi connectivity index (χ1v) is 21.9. The van der Waals surface area contributed by atoms with Gasteiger partial charge in [-0.2, -0.15) is 65.9 Å². The lowest BCUT2D eigenvalue weighted by molar-refractivity contribution is -0.143. The Labute approximate surface area is 399 Å². The molecule has 0 fully saturated rings. The van der Waals surface area contributed by atoms with Gasteiger partial charge in [0, 0.05) is 0 Å². The summed E-state index contributed by atoms with van der Waals surface area (Å²) >= 11 is 0. The second kappa shape index (κ2) is 15.8. The van der Waals surface area contributed by atoms with Gasteiger partial charge >= 0.3 is 30.9 Å². The minimum absolute atomic E-state index is 0.00155. The van der Waals surface area contributed by atoms with Crippen LogP contribution in [0.2, 0.25) is 0 Å². The Hall–Kier alpha value is -7.43. The average Bonchev–Trinajstić information content (AvgIpc) is 3.32. The zero-order valence-electron chi connectivity index (χ0n) is 36.9. The van der Waals surface area contributed by atoms with Gasteiger partial charge in [-0.1, -0.05) is 30.3 Å². The molecule has 73 heavy (non-hydrogen) atoms. The first-order valence-electron chi connectivity index (χ1n) is 21.9. The van der Waals surface area contributed by atoms with Crippen molar-refractivity contribution in [1.29, 1.82) is 0 Å². The third kappa shape index (κ3) is 7.75. The van der Waals surface area contributed by atoms with Crippen molar-refractivity contribution in [3.05, 3.63) is 166 Å². The van der Waals surface area contributed by atoms with Crippen molar-refractivity contribution >= 4 is 64.6 Å². The van der Waals surface area contributed by atoms with E-state index in [0.717, 1.165) is 30.3 Å². The van der Waals surface area contributed by atoms with Gasteiger partial charge in [-0.15, -0.1) is 0 Å². The van der Waals surface area contributed by atoms with Crippen LogP contribution < -0.4 is 0 Å². The first-order chi connectivity index (χ1) is 34.1. The summed E-state index contributed by atoms with van der Waals surface area (Å²) in [5.74, 6) is 0. The maximum absolute atomic E-state index is 14.5. The predicted octanol–water partition coefficient (Wildman–Crippen LogP) is 19.9. The smallest absolute Gasteiger partial charge is 0.246 e. The molecule has 0 aromatic heterocycles. The number of aryl methyl sites for hydroxylation is 1. The Morgan fingerprint density at radius 3 is 0.836 bits per heavy atom. The number of benzene rings is 11. The molecule has 0 spiro atoms. The van der Waals surface area contributed by atoms with Gasteiger partial charge in [-0.05, 0) is 224 Å². The van der Waals surface area contributed by atoms with Gasteiger partial charge in [0.05, 0.1) is 27.8 Å². The summed E-state index contributed by atoms with van der Waals surface area (Å²) in [7, 11) is 0. The number of rotatable bonds is 6. The van der Waals surface area contributed by atoms with Crippen molar-refractivity contribution in [2.75, 3.05) is 0 Å². The van der Waals surface area contributed by atoms with Crippen molar-refractivity contribution < 1.29 is 74.6 Å². The summed E-state index contributed by atoms with van der Waals surface area (Å²) in [6, 6.07) is 20.6. The minimum atomic E-state index is -5.31. The predicted molar refractivity (Wildman–Crippen MR) is 246 cm³/mol. The molecule has 11 rings (SSSR count). The highest BCUT2D eigenvalue weighted by molar-refractivity contribution is 6.48. The van der Waals surface area contributed by atoms with Crippen LogP contribution in [-0.4, -0.2) is 0 Å². The third-order valence-electron chi connectivity index (χ3n) is 13.5. The topological polar surface area (TPSA) is 0 Å². The Bertz CT molecular complexity index is 4000. The van der Waals surface area contributed by atoms with E-state index < -0.39 is 83.2 Å². The number of hydrogen-bond acceptors (Lipinski definition) is 0. The maximum atomic E-state index is 14.5. The number of hydrogen-bond donors (Lipinski definition) is 0. The molecule has 11 aromatic rings. The molecule has 0 nitrogen and oxygen atoms in total. The molecular formula is C56H27F17. The monoisotopic (exact) mass is 1020 g/mol. The van der Waals surface area contributed by atoms with Crippen molar-refractivity contribution in [1.82, 2.24) is 0 Å². The fourth-order valence-electron chi connectivity index (χ4n) is 10.6. The zero-order valence-corrected chi connectivity index (χ0v) is 36.9. The summed E-state index contributed by atoms with van der Waals surface area (Å²) in [4.78, 5) is 0. The van der Waals surface area contributed by atoms with Crippen LogP contribution in [0.4, 0.5) is 74.6 Å². The standard InChI is InChI=1S/C56H27F17/c1-24-6-27(12-33(7-24)52(59,60)61)42-17-31-18-43(28-8-25(22-57)10-34(13-28)53(62,63)64)39-3-4-40-44(29-9-26(23-58)11-35(14-29)54(65,66)67)19-32-20-45(30-15-36(55(68,69)70)21-37(16-30)56(71,72)73)41-5-2-38(42)48-46(31)49(39)50(40)47(32)51(41)48/h2-21H,22-23H2,1H3. The van der Waals surface area contributed by atoms with Crippen molar-refractivity contribution in [2.24, 2.45) is 0 Å². The van der Waals surface area contributed by atoms with Crippen molar-refractivity contribution in [2.45, 2.75) is 51.2 Å². The molecule has 0 amide bonds. The van der Waals surface area contributed by atoms with E-state index in [4.69, 9.17) is 0 Å². The van der Waals surface area contributed by atoms with E-state index in [0.29, 0.717) is 24.3 Å². The molecule has 0 unspecified atom stereocenters. The summed E-state index contributed by atoms with van der Waals surface area (Å²) in [5.41, 5.74) is -8.48. The van der Waals surface area contributed by atoms with E-state index in [1.165, 1.54) is 67.6 Å². The Balaban J connectivity index is 1.40. The Morgan fingerprint density at radius 1 is 0.288 bits per heavy atom. The van der Waals surface area contributed by atoms with Gasteiger partial charge < -0.3 is 0 Å². The first kappa shape index (κ1) is 47.9. The molecule has 0 heterocycles. The molecule has 0 aliphatic heterocycles. The average molecular weight is 1020 g/mol. The molecule has 0 bridgehead atoms. The SMILES string of the molecule is Cc1cc(-c2cc3cc(-c4cc(CF)cc(C(F)(F)F)c4)c4ccc5c(-c6cc(CF)cc(C(F)(F)F)c6)cc6cc(-c7cc(C(F)(F)F)cc(C(F)(F)F)c7)c7ccc2c2c3c4c5c6c72)cc(C(F)(F)F)c1. The minimum Gasteiger partial charge on any atom is -0.246 e. The molecule has 0 saturated carbocycles. The van der Waals surface area contributed by atoms with E-state index >= 15 is 0 Å². The van der Waals surface area contributed by atoms with Gasteiger partial charge in [0.2, 0.25) is 0 Å². The lowest BCUT2D eigenvalue weighted by Gasteiger charge is -2.26. The van der Waals surface area contributed by atoms with E-state index in [9.17, 15) is 74.6 Å². The third-order valence-corrected chi connectivity index (χ3v) is 13.5. The highest BCUT2D eigenvalue weighted by atomic mass is 19.4. The van der Waals surface area contributed by atoms with E-state index in [-0.39, 0.29) is 121 Å². The summed E-state index contributed by atoms with van der Waals surface area (Å²) in [5, 5.41) is 2.23. The van der Waals surface area contributed by atoms with E-state index in [1.807, 2.05) is 0 Å². The van der Waals surface area contributed by atoms with E-state index in [2.05, 4.69) is 0 Å². The van der Waals surface area contributed by atoms with Crippen LogP contribution in [-0.2, 0) is 44.2 Å². The molecule has 0 saturated heterocycles. The second-order valence-corrected chi connectivity index (χ2v) is 18.2. The van der Waals surface area contributed by atoms with Crippen LogP contribution in [0.25, 0.3) is 109 Å².